The van der Waals surface area contributed by atoms with E-state index in [0.29, 0.717) is 34.4 Å². The number of anilines is 1. The molecule has 1 amide bonds. The van der Waals surface area contributed by atoms with Crippen LogP contribution in [0.4, 0.5) is 5.69 Å². The smallest absolute Gasteiger partial charge is 0.261 e. The number of halogens is 1. The van der Waals surface area contributed by atoms with E-state index in [0.717, 1.165) is 0 Å². The third-order valence-electron chi connectivity index (χ3n) is 3.07. The summed E-state index contributed by atoms with van der Waals surface area (Å²) in [5.41, 5.74) is 1.06. The summed E-state index contributed by atoms with van der Waals surface area (Å²) in [6, 6.07) is 12.1. The Bertz CT molecular complexity index is 752. The van der Waals surface area contributed by atoms with Gasteiger partial charge >= 0.3 is 0 Å². The maximum Gasteiger partial charge on any atom is 0.261 e. The van der Waals surface area contributed by atoms with Gasteiger partial charge in [0.1, 0.15) is 11.5 Å². The van der Waals surface area contributed by atoms with Crippen molar-refractivity contribution in [1.29, 1.82) is 0 Å². The van der Waals surface area contributed by atoms with Crippen LogP contribution in [-0.4, -0.2) is 24.7 Å². The first-order valence-corrected chi connectivity index (χ1v) is 8.01. The molecule has 0 heterocycles. The summed E-state index contributed by atoms with van der Waals surface area (Å²) < 4.78 is 10.5. The second-order valence-corrected chi connectivity index (χ2v) is 5.50. The van der Waals surface area contributed by atoms with E-state index < -0.39 is 0 Å². The quantitative estimate of drug-likeness (QED) is 0.788. The van der Waals surface area contributed by atoms with Crippen molar-refractivity contribution in [3.63, 3.8) is 0 Å². The maximum atomic E-state index is 12.3. The van der Waals surface area contributed by atoms with E-state index in [9.17, 15) is 4.79 Å². The molecule has 0 spiro atoms. The number of methoxy groups -OCH3 is 1. The molecule has 0 unspecified atom stereocenters. The number of hydrogen-bond donors (Lipinski definition) is 2. The summed E-state index contributed by atoms with van der Waals surface area (Å²) in [5.74, 6) is 0.715. The summed E-state index contributed by atoms with van der Waals surface area (Å²) in [7, 11) is 1.54. The number of carbonyl (C=O) groups excluding carboxylic acids is 1. The fraction of sp³-hybridized carbons (Fsp3) is 0.176. The SMILES string of the molecule is CCOc1ccccc1C(=O)NC(=S)Nc1ccc(OC)c(Cl)c1. The Labute approximate surface area is 150 Å². The van der Waals surface area contributed by atoms with Crippen molar-refractivity contribution in [2.45, 2.75) is 6.92 Å². The predicted molar refractivity (Wildman–Crippen MR) is 99.3 cm³/mol. The molecule has 0 radical (unpaired) electrons. The van der Waals surface area contributed by atoms with Crippen LogP contribution < -0.4 is 20.1 Å². The highest BCUT2D eigenvalue weighted by Gasteiger charge is 2.13. The minimum Gasteiger partial charge on any atom is -0.495 e. The number of hydrogen-bond acceptors (Lipinski definition) is 4. The Balaban J connectivity index is 2.04. The molecular weight excluding hydrogens is 348 g/mol. The van der Waals surface area contributed by atoms with Gasteiger partial charge in [0.25, 0.3) is 5.91 Å². The summed E-state index contributed by atoms with van der Waals surface area (Å²) in [5, 5.41) is 6.13. The van der Waals surface area contributed by atoms with Gasteiger partial charge in [0.2, 0.25) is 0 Å². The van der Waals surface area contributed by atoms with Gasteiger partial charge in [-0.2, -0.15) is 0 Å². The number of benzene rings is 2. The largest absolute Gasteiger partial charge is 0.495 e. The van der Waals surface area contributed by atoms with Crippen molar-refractivity contribution in [2.24, 2.45) is 0 Å². The maximum absolute atomic E-state index is 12.3. The number of carbonyl (C=O) groups is 1. The molecule has 0 saturated heterocycles. The van der Waals surface area contributed by atoms with E-state index in [1.165, 1.54) is 7.11 Å². The molecule has 0 fully saturated rings. The molecule has 2 rings (SSSR count). The molecule has 2 aromatic carbocycles. The van der Waals surface area contributed by atoms with E-state index >= 15 is 0 Å². The van der Waals surface area contributed by atoms with Crippen molar-refractivity contribution in [2.75, 3.05) is 19.0 Å². The minimum absolute atomic E-state index is 0.160. The molecule has 0 atom stereocenters. The first-order valence-electron chi connectivity index (χ1n) is 7.22. The van der Waals surface area contributed by atoms with Gasteiger partial charge in [-0.3, -0.25) is 10.1 Å². The second kappa shape index (κ2) is 8.52. The number of thiocarbonyl (C=S) groups is 1. The third kappa shape index (κ3) is 4.59. The predicted octanol–water partition coefficient (Wildman–Crippen LogP) is 3.87. The van der Waals surface area contributed by atoms with Gasteiger partial charge < -0.3 is 14.8 Å². The van der Waals surface area contributed by atoms with E-state index in [1.54, 1.807) is 42.5 Å². The van der Waals surface area contributed by atoms with E-state index in [-0.39, 0.29) is 11.0 Å². The summed E-state index contributed by atoms with van der Waals surface area (Å²) in [6.45, 7) is 2.33. The van der Waals surface area contributed by atoms with Crippen molar-refractivity contribution < 1.29 is 14.3 Å². The molecule has 2 N–H and O–H groups in total. The summed E-state index contributed by atoms with van der Waals surface area (Å²) in [4.78, 5) is 12.3. The molecule has 5 nitrogen and oxygen atoms in total. The molecule has 0 aliphatic rings. The van der Waals surface area contributed by atoms with Crippen molar-refractivity contribution >= 4 is 40.5 Å². The molecule has 0 saturated carbocycles. The second-order valence-electron chi connectivity index (χ2n) is 4.69. The Morgan fingerprint density at radius 2 is 1.96 bits per heavy atom. The van der Waals surface area contributed by atoms with Gasteiger partial charge in [0.15, 0.2) is 5.11 Å². The van der Waals surface area contributed by atoms with Crippen molar-refractivity contribution in [3.05, 3.63) is 53.1 Å². The normalized spacial score (nSPS) is 9.96. The van der Waals surface area contributed by atoms with Crippen LogP contribution in [-0.2, 0) is 0 Å². The Hall–Kier alpha value is -2.31. The van der Waals surface area contributed by atoms with Crippen molar-refractivity contribution in [3.8, 4) is 11.5 Å². The Morgan fingerprint density at radius 1 is 1.21 bits per heavy atom. The zero-order valence-corrected chi connectivity index (χ0v) is 14.8. The lowest BCUT2D eigenvalue weighted by molar-refractivity contribution is 0.0974. The molecule has 7 heteroatoms. The van der Waals surface area contributed by atoms with Crippen LogP contribution in [0.25, 0.3) is 0 Å². The van der Waals surface area contributed by atoms with Gasteiger partial charge in [-0.1, -0.05) is 23.7 Å². The highest BCUT2D eigenvalue weighted by atomic mass is 35.5. The summed E-state index contributed by atoms with van der Waals surface area (Å²) in [6.07, 6.45) is 0. The molecule has 126 valence electrons. The average molecular weight is 365 g/mol. The molecule has 0 aliphatic heterocycles. The first-order chi connectivity index (χ1) is 11.5. The van der Waals surface area contributed by atoms with Crippen LogP contribution in [0.1, 0.15) is 17.3 Å². The Kier molecular flexibility index (Phi) is 6.40. The van der Waals surface area contributed by atoms with Crippen LogP contribution >= 0.6 is 23.8 Å². The van der Waals surface area contributed by atoms with E-state index in [2.05, 4.69) is 10.6 Å². The van der Waals surface area contributed by atoms with Crippen LogP contribution in [0, 0.1) is 0 Å². The molecule has 0 aromatic heterocycles. The standard InChI is InChI=1S/C17H17ClN2O3S/c1-3-23-14-7-5-4-6-12(14)16(21)20-17(24)19-11-8-9-15(22-2)13(18)10-11/h4-10H,3H2,1-2H3,(H2,19,20,21,24). The average Bonchev–Trinajstić information content (AvgIpc) is 2.55. The molecular formula is C17H17ClN2O3S. The topological polar surface area (TPSA) is 59.6 Å². The molecule has 2 aromatic rings. The van der Waals surface area contributed by atoms with Gasteiger partial charge in [-0.25, -0.2) is 0 Å². The molecule has 0 aliphatic carbocycles. The van der Waals surface area contributed by atoms with Gasteiger partial charge in [0, 0.05) is 5.69 Å². The number of ether oxygens (including phenoxy) is 2. The monoisotopic (exact) mass is 364 g/mol. The highest BCUT2D eigenvalue weighted by molar-refractivity contribution is 7.80. The number of para-hydroxylation sites is 1. The third-order valence-corrected chi connectivity index (χ3v) is 3.57. The lowest BCUT2D eigenvalue weighted by Crippen LogP contribution is -2.34. The van der Waals surface area contributed by atoms with Crippen molar-refractivity contribution in [1.82, 2.24) is 5.32 Å². The fourth-order valence-corrected chi connectivity index (χ4v) is 2.48. The fourth-order valence-electron chi connectivity index (χ4n) is 2.01. The zero-order chi connectivity index (χ0) is 17.5. The molecule has 0 bridgehead atoms. The van der Waals surface area contributed by atoms with Crippen LogP contribution in [0.3, 0.4) is 0 Å². The zero-order valence-electron chi connectivity index (χ0n) is 13.3. The number of rotatable bonds is 5. The highest BCUT2D eigenvalue weighted by Crippen LogP contribution is 2.27. The van der Waals surface area contributed by atoms with Gasteiger partial charge in [0.05, 0.1) is 24.3 Å². The van der Waals surface area contributed by atoms with Crippen LogP contribution in [0.5, 0.6) is 11.5 Å². The molecule has 24 heavy (non-hydrogen) atoms. The van der Waals surface area contributed by atoms with Gasteiger partial charge in [-0.05, 0) is 49.5 Å². The number of nitrogens with one attached hydrogen (secondary N) is 2. The summed E-state index contributed by atoms with van der Waals surface area (Å²) >= 11 is 11.2. The lowest BCUT2D eigenvalue weighted by Gasteiger charge is -2.13. The minimum atomic E-state index is -0.351. The van der Waals surface area contributed by atoms with E-state index in [1.807, 2.05) is 6.92 Å². The van der Waals surface area contributed by atoms with Gasteiger partial charge in [-0.15, -0.1) is 0 Å². The first kappa shape index (κ1) is 18.0. The van der Waals surface area contributed by atoms with Crippen LogP contribution in [0.2, 0.25) is 5.02 Å². The lowest BCUT2D eigenvalue weighted by atomic mass is 10.2. The Morgan fingerprint density at radius 3 is 2.62 bits per heavy atom. The number of amides is 1. The van der Waals surface area contributed by atoms with E-state index in [4.69, 9.17) is 33.3 Å². The van der Waals surface area contributed by atoms with Crippen LogP contribution in [0.15, 0.2) is 42.5 Å².